The van der Waals surface area contributed by atoms with Gasteiger partial charge in [0.15, 0.2) is 5.65 Å². The van der Waals surface area contributed by atoms with Gasteiger partial charge < -0.3 is 14.6 Å². The molecule has 1 N–H and O–H groups in total. The molecule has 7 nitrogen and oxygen atoms in total. The van der Waals surface area contributed by atoms with Crippen molar-refractivity contribution < 1.29 is 9.53 Å². The molecule has 2 aromatic heterocycles. The maximum absolute atomic E-state index is 12.3. The van der Waals surface area contributed by atoms with E-state index >= 15 is 0 Å². The summed E-state index contributed by atoms with van der Waals surface area (Å²) < 4.78 is 7.28. The molecule has 0 atom stereocenters. The molecule has 1 amide bonds. The molecule has 0 radical (unpaired) electrons. The van der Waals surface area contributed by atoms with Gasteiger partial charge in [-0.25, -0.2) is 4.98 Å². The number of methoxy groups -OCH3 is 1. The van der Waals surface area contributed by atoms with Crippen molar-refractivity contribution in [2.75, 3.05) is 18.2 Å². The number of hydrogen-bond donors (Lipinski definition) is 1. The second-order valence-corrected chi connectivity index (χ2v) is 7.04. The fraction of sp³-hybridized carbons (Fsp3) is 0.200. The highest BCUT2D eigenvalue weighted by molar-refractivity contribution is 7.99. The fourth-order valence-corrected chi connectivity index (χ4v) is 3.68. The zero-order valence-electron chi connectivity index (χ0n) is 15.5. The quantitative estimate of drug-likeness (QED) is 0.503. The molecule has 4 rings (SSSR count). The van der Waals surface area contributed by atoms with Crippen LogP contribution < -0.4 is 10.1 Å². The number of thioether (sulfide) groups is 1. The van der Waals surface area contributed by atoms with E-state index in [0.717, 1.165) is 28.6 Å². The van der Waals surface area contributed by atoms with Gasteiger partial charge in [0.1, 0.15) is 11.3 Å². The first kappa shape index (κ1) is 18.2. The maximum Gasteiger partial charge on any atom is 0.234 e. The average Bonchev–Trinajstić information content (AvgIpc) is 3.05. The van der Waals surface area contributed by atoms with Crippen LogP contribution in [0.25, 0.3) is 22.1 Å². The Balaban J connectivity index is 1.52. The number of rotatable bonds is 6. The maximum atomic E-state index is 12.3. The third-order valence-electron chi connectivity index (χ3n) is 4.36. The van der Waals surface area contributed by atoms with E-state index in [4.69, 9.17) is 4.74 Å². The summed E-state index contributed by atoms with van der Waals surface area (Å²) in [5, 5.41) is 12.9. The second-order valence-electron chi connectivity index (χ2n) is 6.10. The van der Waals surface area contributed by atoms with E-state index in [1.165, 1.54) is 11.8 Å². The van der Waals surface area contributed by atoms with E-state index in [0.29, 0.717) is 16.6 Å². The van der Waals surface area contributed by atoms with Crippen LogP contribution in [0.2, 0.25) is 0 Å². The minimum Gasteiger partial charge on any atom is -0.497 e. The number of nitrogens with one attached hydrogen (secondary N) is 1. The first-order valence-corrected chi connectivity index (χ1v) is 9.86. The van der Waals surface area contributed by atoms with Gasteiger partial charge in [-0.2, -0.15) is 0 Å². The van der Waals surface area contributed by atoms with E-state index in [1.54, 1.807) is 13.2 Å². The standard InChI is InChI=1S/C20H19N5O2S/c1-3-25-16-10-5-4-9-15(16)18-19(25)22-20(24-23-18)28-12-17(26)21-13-7-6-8-14(11-13)27-2/h4-11H,3,12H2,1-2H3,(H,21,26). The van der Waals surface area contributed by atoms with Crippen LogP contribution in [0.1, 0.15) is 6.92 Å². The van der Waals surface area contributed by atoms with E-state index in [2.05, 4.69) is 38.1 Å². The predicted octanol–water partition coefficient (Wildman–Crippen LogP) is 3.74. The van der Waals surface area contributed by atoms with Crippen LogP contribution in [0, 0.1) is 0 Å². The van der Waals surface area contributed by atoms with Gasteiger partial charge >= 0.3 is 0 Å². The molecule has 0 bridgehead atoms. The number of para-hydroxylation sites is 1. The summed E-state index contributed by atoms with van der Waals surface area (Å²) in [7, 11) is 1.59. The normalized spacial score (nSPS) is 11.1. The Morgan fingerprint density at radius 3 is 2.86 bits per heavy atom. The van der Waals surface area contributed by atoms with Crippen LogP contribution in [0.15, 0.2) is 53.7 Å². The smallest absolute Gasteiger partial charge is 0.234 e. The number of carbonyl (C=O) groups is 1. The molecule has 4 aromatic rings. The number of carbonyl (C=O) groups excluding carboxylic acids is 1. The van der Waals surface area contributed by atoms with Crippen molar-refractivity contribution in [2.45, 2.75) is 18.6 Å². The molecule has 0 spiro atoms. The van der Waals surface area contributed by atoms with Gasteiger partial charge in [0.2, 0.25) is 11.1 Å². The highest BCUT2D eigenvalue weighted by Gasteiger charge is 2.14. The van der Waals surface area contributed by atoms with Crippen LogP contribution in [-0.4, -0.2) is 38.5 Å². The van der Waals surface area contributed by atoms with Crippen molar-refractivity contribution >= 4 is 45.4 Å². The Morgan fingerprint density at radius 1 is 1.18 bits per heavy atom. The van der Waals surface area contributed by atoms with Gasteiger partial charge in [-0.05, 0) is 25.1 Å². The van der Waals surface area contributed by atoms with Crippen molar-refractivity contribution in [1.82, 2.24) is 19.7 Å². The predicted molar refractivity (Wildman–Crippen MR) is 111 cm³/mol. The Kier molecular flexibility index (Phi) is 5.12. The van der Waals surface area contributed by atoms with Crippen LogP contribution in [-0.2, 0) is 11.3 Å². The van der Waals surface area contributed by atoms with Crippen molar-refractivity contribution in [1.29, 1.82) is 0 Å². The first-order valence-electron chi connectivity index (χ1n) is 8.88. The summed E-state index contributed by atoms with van der Waals surface area (Å²) in [5.41, 5.74) is 3.34. The highest BCUT2D eigenvalue weighted by Crippen LogP contribution is 2.27. The van der Waals surface area contributed by atoms with Gasteiger partial charge in [0, 0.05) is 23.7 Å². The largest absolute Gasteiger partial charge is 0.497 e. The number of hydrogen-bond acceptors (Lipinski definition) is 6. The van der Waals surface area contributed by atoms with Gasteiger partial charge in [-0.3, -0.25) is 4.79 Å². The van der Waals surface area contributed by atoms with E-state index in [9.17, 15) is 4.79 Å². The topological polar surface area (TPSA) is 81.9 Å². The van der Waals surface area contributed by atoms with Crippen molar-refractivity contribution in [3.63, 3.8) is 0 Å². The summed E-state index contributed by atoms with van der Waals surface area (Å²) in [5.74, 6) is 0.741. The number of aryl methyl sites for hydroxylation is 1. The Hall–Kier alpha value is -3.13. The lowest BCUT2D eigenvalue weighted by molar-refractivity contribution is -0.113. The molecule has 0 saturated heterocycles. The lowest BCUT2D eigenvalue weighted by Gasteiger charge is -2.06. The Morgan fingerprint density at radius 2 is 2.04 bits per heavy atom. The van der Waals surface area contributed by atoms with E-state index in [1.807, 2.05) is 36.4 Å². The Labute approximate surface area is 166 Å². The molecular weight excluding hydrogens is 374 g/mol. The molecule has 28 heavy (non-hydrogen) atoms. The number of nitrogens with zero attached hydrogens (tertiary/aromatic N) is 4. The van der Waals surface area contributed by atoms with Crippen molar-refractivity contribution in [2.24, 2.45) is 0 Å². The van der Waals surface area contributed by atoms with Crippen LogP contribution >= 0.6 is 11.8 Å². The fourth-order valence-electron chi connectivity index (χ4n) is 3.10. The molecule has 0 saturated carbocycles. The molecule has 0 unspecified atom stereocenters. The number of fused-ring (bicyclic) bond motifs is 3. The van der Waals surface area contributed by atoms with Crippen LogP contribution in [0.4, 0.5) is 5.69 Å². The molecule has 2 aromatic carbocycles. The molecule has 8 heteroatoms. The molecule has 142 valence electrons. The molecule has 0 aliphatic heterocycles. The lowest BCUT2D eigenvalue weighted by Crippen LogP contribution is -2.14. The minimum atomic E-state index is -0.141. The summed E-state index contributed by atoms with van der Waals surface area (Å²) in [4.78, 5) is 16.9. The first-order chi connectivity index (χ1) is 13.7. The average molecular weight is 393 g/mol. The lowest BCUT2D eigenvalue weighted by atomic mass is 10.2. The molecular formula is C20H19N5O2S. The third-order valence-corrected chi connectivity index (χ3v) is 5.19. The van der Waals surface area contributed by atoms with Crippen LogP contribution in [0.3, 0.4) is 0 Å². The monoisotopic (exact) mass is 393 g/mol. The SMILES string of the molecule is CCn1c2ccccc2c2nnc(SCC(=O)Nc3cccc(OC)c3)nc21. The number of ether oxygens (including phenoxy) is 1. The van der Waals surface area contributed by atoms with Gasteiger partial charge in [0.25, 0.3) is 0 Å². The minimum absolute atomic E-state index is 0.141. The van der Waals surface area contributed by atoms with E-state index < -0.39 is 0 Å². The van der Waals surface area contributed by atoms with Gasteiger partial charge in [-0.1, -0.05) is 36.0 Å². The summed E-state index contributed by atoms with van der Waals surface area (Å²) in [6.45, 7) is 2.85. The van der Waals surface area contributed by atoms with Crippen molar-refractivity contribution in [3.05, 3.63) is 48.5 Å². The van der Waals surface area contributed by atoms with Crippen LogP contribution in [0.5, 0.6) is 5.75 Å². The summed E-state index contributed by atoms with van der Waals surface area (Å²) in [6, 6.07) is 15.3. The molecule has 0 fully saturated rings. The summed E-state index contributed by atoms with van der Waals surface area (Å²) in [6.07, 6.45) is 0. The summed E-state index contributed by atoms with van der Waals surface area (Å²) >= 11 is 1.26. The number of benzene rings is 2. The van der Waals surface area contributed by atoms with E-state index in [-0.39, 0.29) is 11.7 Å². The molecule has 2 heterocycles. The molecule has 0 aliphatic carbocycles. The van der Waals surface area contributed by atoms with Gasteiger partial charge in [0.05, 0.1) is 18.4 Å². The zero-order chi connectivity index (χ0) is 19.5. The highest BCUT2D eigenvalue weighted by atomic mass is 32.2. The van der Waals surface area contributed by atoms with Gasteiger partial charge in [-0.15, -0.1) is 10.2 Å². The van der Waals surface area contributed by atoms with Crippen molar-refractivity contribution in [3.8, 4) is 5.75 Å². The number of anilines is 1. The number of aromatic nitrogens is 4. The Bertz CT molecular complexity index is 1160. The second kappa shape index (κ2) is 7.85. The third kappa shape index (κ3) is 3.50. The zero-order valence-corrected chi connectivity index (χ0v) is 16.4. The molecule has 0 aliphatic rings. The number of amides is 1.